The van der Waals surface area contributed by atoms with Gasteiger partial charge in [-0.25, -0.2) is 0 Å². The number of hydrogen-bond acceptors (Lipinski definition) is 6. The van der Waals surface area contributed by atoms with Crippen LogP contribution in [0.4, 0.5) is 5.82 Å². The molecule has 0 saturated carbocycles. The smallest absolute Gasteiger partial charge is 0.260 e. The molecule has 7 nitrogen and oxygen atoms in total. The van der Waals surface area contributed by atoms with Crippen molar-refractivity contribution >= 4 is 22.5 Å². The van der Waals surface area contributed by atoms with Gasteiger partial charge in [-0.3, -0.25) is 4.79 Å². The summed E-state index contributed by atoms with van der Waals surface area (Å²) < 4.78 is 5.58. The number of nitrogens with zero attached hydrogens (tertiary/aromatic N) is 5. The predicted molar refractivity (Wildman–Crippen MR) is 130 cm³/mol. The van der Waals surface area contributed by atoms with E-state index in [0.29, 0.717) is 37.5 Å². The molecule has 1 amide bonds. The highest BCUT2D eigenvalue weighted by atomic mass is 16.5. The minimum absolute atomic E-state index is 0.0224. The molecular formula is C27H23N5O2. The Hall–Kier alpha value is -4.44. The Bertz CT molecular complexity index is 1330. The Morgan fingerprint density at radius 3 is 2.38 bits per heavy atom. The summed E-state index contributed by atoms with van der Waals surface area (Å²) in [7, 11) is 0. The SMILES string of the molecule is N#Cc1ccc(OCC(=O)N2CCN(c3ccc(-c4cccc5ccccc45)nn3)CC2)cc1. The van der Waals surface area contributed by atoms with E-state index < -0.39 is 0 Å². The maximum atomic E-state index is 12.5. The van der Waals surface area contributed by atoms with Crippen molar-refractivity contribution in [3.8, 4) is 23.1 Å². The van der Waals surface area contributed by atoms with E-state index >= 15 is 0 Å². The standard InChI is InChI=1S/C27H23N5O2/c28-18-20-8-10-22(11-9-20)34-19-27(33)32-16-14-31(15-17-32)26-13-12-25(29-30-26)24-7-3-5-21-4-1-2-6-23(21)24/h1-13H,14-17,19H2. The summed E-state index contributed by atoms with van der Waals surface area (Å²) in [5, 5.41) is 20.2. The Morgan fingerprint density at radius 1 is 0.882 bits per heavy atom. The first kappa shape index (κ1) is 21.4. The first-order chi connectivity index (χ1) is 16.7. The van der Waals surface area contributed by atoms with Crippen LogP contribution in [0.25, 0.3) is 22.0 Å². The molecule has 5 rings (SSSR count). The zero-order valence-electron chi connectivity index (χ0n) is 18.6. The van der Waals surface area contributed by atoms with Crippen LogP contribution >= 0.6 is 0 Å². The number of benzene rings is 3. The summed E-state index contributed by atoms with van der Waals surface area (Å²) in [6, 6.07) is 27.3. The minimum atomic E-state index is -0.0543. The monoisotopic (exact) mass is 449 g/mol. The first-order valence-electron chi connectivity index (χ1n) is 11.2. The topological polar surface area (TPSA) is 82.4 Å². The van der Waals surface area contributed by atoms with Crippen molar-refractivity contribution in [1.29, 1.82) is 5.26 Å². The van der Waals surface area contributed by atoms with Gasteiger partial charge < -0.3 is 14.5 Å². The number of ether oxygens (including phenoxy) is 1. The van der Waals surface area contributed by atoms with Crippen LogP contribution in [0.3, 0.4) is 0 Å². The van der Waals surface area contributed by atoms with Crippen molar-refractivity contribution in [1.82, 2.24) is 15.1 Å². The van der Waals surface area contributed by atoms with Gasteiger partial charge in [0, 0.05) is 31.7 Å². The highest BCUT2D eigenvalue weighted by Crippen LogP contribution is 2.27. The Labute approximate surface area is 197 Å². The first-order valence-corrected chi connectivity index (χ1v) is 11.2. The molecule has 0 atom stereocenters. The van der Waals surface area contributed by atoms with Crippen LogP contribution in [0.5, 0.6) is 5.75 Å². The molecule has 3 aromatic carbocycles. The second-order valence-corrected chi connectivity index (χ2v) is 8.10. The Balaban J connectivity index is 1.18. The van der Waals surface area contributed by atoms with Gasteiger partial charge in [-0.2, -0.15) is 5.26 Å². The van der Waals surface area contributed by atoms with Gasteiger partial charge in [0.1, 0.15) is 5.75 Å². The van der Waals surface area contributed by atoms with E-state index in [1.807, 2.05) is 30.3 Å². The van der Waals surface area contributed by atoms with Crippen molar-refractivity contribution in [3.63, 3.8) is 0 Å². The summed E-state index contributed by atoms with van der Waals surface area (Å²) in [6.45, 7) is 2.55. The molecule has 7 heteroatoms. The Morgan fingerprint density at radius 2 is 1.65 bits per heavy atom. The number of fused-ring (bicyclic) bond motifs is 1. The number of rotatable bonds is 5. The maximum Gasteiger partial charge on any atom is 0.260 e. The number of nitriles is 1. The number of aromatic nitrogens is 2. The van der Waals surface area contributed by atoms with Crippen LogP contribution in [0.15, 0.2) is 78.9 Å². The predicted octanol–water partition coefficient (Wildman–Crippen LogP) is 3.90. The maximum absolute atomic E-state index is 12.5. The molecule has 0 bridgehead atoms. The van der Waals surface area contributed by atoms with Crippen molar-refractivity contribution in [2.45, 2.75) is 0 Å². The highest BCUT2D eigenvalue weighted by Gasteiger charge is 2.22. The fourth-order valence-electron chi connectivity index (χ4n) is 4.13. The Kier molecular flexibility index (Phi) is 6.04. The molecule has 0 aliphatic carbocycles. The molecule has 34 heavy (non-hydrogen) atoms. The van der Waals surface area contributed by atoms with E-state index in [1.165, 1.54) is 5.39 Å². The largest absolute Gasteiger partial charge is 0.484 e. The summed E-state index contributed by atoms with van der Waals surface area (Å²) in [4.78, 5) is 16.5. The average molecular weight is 450 g/mol. The fourth-order valence-corrected chi connectivity index (χ4v) is 4.13. The molecule has 0 unspecified atom stereocenters. The third-order valence-electron chi connectivity index (χ3n) is 6.02. The van der Waals surface area contributed by atoms with Gasteiger partial charge in [0.15, 0.2) is 12.4 Å². The molecule has 0 radical (unpaired) electrons. The number of carbonyl (C=O) groups excluding carboxylic acids is 1. The van der Waals surface area contributed by atoms with Crippen molar-refractivity contribution in [3.05, 3.63) is 84.4 Å². The molecule has 1 saturated heterocycles. The van der Waals surface area contributed by atoms with Crippen LogP contribution in [-0.2, 0) is 4.79 Å². The van der Waals surface area contributed by atoms with Crippen molar-refractivity contribution in [2.75, 3.05) is 37.7 Å². The lowest BCUT2D eigenvalue weighted by Crippen LogP contribution is -2.50. The highest BCUT2D eigenvalue weighted by molar-refractivity contribution is 5.95. The molecule has 1 fully saturated rings. The molecule has 1 aromatic heterocycles. The molecule has 2 heterocycles. The number of anilines is 1. The quantitative estimate of drug-likeness (QED) is 0.460. The molecule has 0 spiro atoms. The van der Waals surface area contributed by atoms with Crippen LogP contribution in [0.2, 0.25) is 0 Å². The van der Waals surface area contributed by atoms with Gasteiger partial charge >= 0.3 is 0 Å². The molecule has 4 aromatic rings. The second-order valence-electron chi connectivity index (χ2n) is 8.10. The van der Waals surface area contributed by atoms with Gasteiger partial charge in [0.25, 0.3) is 5.91 Å². The summed E-state index contributed by atoms with van der Waals surface area (Å²) in [5.41, 5.74) is 2.46. The third kappa shape index (κ3) is 4.52. The van der Waals surface area contributed by atoms with Gasteiger partial charge in [0.05, 0.1) is 17.3 Å². The lowest BCUT2D eigenvalue weighted by atomic mass is 10.0. The lowest BCUT2D eigenvalue weighted by Gasteiger charge is -2.35. The zero-order chi connectivity index (χ0) is 23.3. The molecule has 168 valence electrons. The number of piperazine rings is 1. The van der Waals surface area contributed by atoms with Crippen LogP contribution in [0, 0.1) is 11.3 Å². The van der Waals surface area contributed by atoms with Crippen molar-refractivity contribution in [2.24, 2.45) is 0 Å². The van der Waals surface area contributed by atoms with Crippen molar-refractivity contribution < 1.29 is 9.53 Å². The normalized spacial score (nSPS) is 13.5. The van der Waals surface area contributed by atoms with E-state index in [-0.39, 0.29) is 12.5 Å². The van der Waals surface area contributed by atoms with E-state index in [0.717, 1.165) is 22.5 Å². The van der Waals surface area contributed by atoms with Crippen LogP contribution in [-0.4, -0.2) is 53.8 Å². The second kappa shape index (κ2) is 9.59. The third-order valence-corrected chi connectivity index (χ3v) is 6.02. The lowest BCUT2D eigenvalue weighted by molar-refractivity contribution is -0.133. The summed E-state index contributed by atoms with van der Waals surface area (Å²) in [6.07, 6.45) is 0. The van der Waals surface area contributed by atoms with Gasteiger partial charge in [-0.15, -0.1) is 10.2 Å². The minimum Gasteiger partial charge on any atom is -0.484 e. The summed E-state index contributed by atoms with van der Waals surface area (Å²) in [5.74, 6) is 1.33. The van der Waals surface area contributed by atoms with E-state index in [1.54, 1.807) is 29.2 Å². The van der Waals surface area contributed by atoms with E-state index in [4.69, 9.17) is 10.00 Å². The molecular weight excluding hydrogens is 426 g/mol. The molecule has 1 aliphatic rings. The van der Waals surface area contributed by atoms with E-state index in [2.05, 4.69) is 45.4 Å². The van der Waals surface area contributed by atoms with Gasteiger partial charge in [-0.1, -0.05) is 42.5 Å². The molecule has 1 aliphatic heterocycles. The number of carbonyl (C=O) groups is 1. The average Bonchev–Trinajstić information content (AvgIpc) is 2.92. The van der Waals surface area contributed by atoms with Gasteiger partial charge in [0.2, 0.25) is 0 Å². The number of hydrogen-bond donors (Lipinski definition) is 0. The fraction of sp³-hybridized carbons (Fsp3) is 0.185. The number of amides is 1. The van der Waals surface area contributed by atoms with Crippen LogP contribution in [0.1, 0.15) is 5.56 Å². The van der Waals surface area contributed by atoms with Crippen LogP contribution < -0.4 is 9.64 Å². The summed E-state index contributed by atoms with van der Waals surface area (Å²) >= 11 is 0. The van der Waals surface area contributed by atoms with E-state index in [9.17, 15) is 4.79 Å². The molecule has 0 N–H and O–H groups in total. The van der Waals surface area contributed by atoms with Gasteiger partial charge in [-0.05, 0) is 47.2 Å². The zero-order valence-corrected chi connectivity index (χ0v) is 18.6.